The molecular weight excluding hydrogens is 286 g/mol. The smallest absolute Gasteiger partial charge is 0.326 e. The molecule has 0 aliphatic rings. The summed E-state index contributed by atoms with van der Waals surface area (Å²) in [5.41, 5.74) is 1.02. The van der Waals surface area contributed by atoms with Crippen LogP contribution in [0, 0.1) is 5.92 Å². The van der Waals surface area contributed by atoms with Gasteiger partial charge in [0.25, 0.3) is 0 Å². The van der Waals surface area contributed by atoms with Crippen LogP contribution in [0.4, 0.5) is 0 Å². The lowest BCUT2D eigenvalue weighted by molar-refractivity contribution is -0.143. The summed E-state index contributed by atoms with van der Waals surface area (Å²) in [6, 6.07) is 3.88. The Morgan fingerprint density at radius 3 is 2.36 bits per heavy atom. The lowest BCUT2D eigenvalue weighted by Crippen LogP contribution is -2.44. The largest absolute Gasteiger partial charge is 0.496 e. The van der Waals surface area contributed by atoms with Crippen molar-refractivity contribution < 1.29 is 24.2 Å². The second-order valence-electron chi connectivity index (χ2n) is 5.39. The predicted molar refractivity (Wildman–Crippen MR) is 81.1 cm³/mol. The Labute approximate surface area is 129 Å². The minimum atomic E-state index is -1.08. The Kier molecular flexibility index (Phi) is 6.10. The molecule has 0 aliphatic carbocycles. The molecule has 22 heavy (non-hydrogen) atoms. The minimum Gasteiger partial charge on any atom is -0.496 e. The van der Waals surface area contributed by atoms with Gasteiger partial charge in [-0.15, -0.1) is 0 Å². The van der Waals surface area contributed by atoms with Gasteiger partial charge < -0.3 is 15.2 Å². The van der Waals surface area contributed by atoms with E-state index in [-0.39, 0.29) is 18.1 Å². The molecule has 1 atom stereocenters. The summed E-state index contributed by atoms with van der Waals surface area (Å²) in [5, 5.41) is 11.6. The molecule has 0 radical (unpaired) electrons. The van der Waals surface area contributed by atoms with Gasteiger partial charge in [-0.25, -0.2) is 4.79 Å². The first-order chi connectivity index (χ1) is 10.3. The topological polar surface area (TPSA) is 92.7 Å². The molecule has 6 heteroatoms. The molecule has 0 saturated heterocycles. The van der Waals surface area contributed by atoms with Crippen molar-refractivity contribution in [3.05, 3.63) is 29.3 Å². The van der Waals surface area contributed by atoms with Crippen LogP contribution in [0.15, 0.2) is 18.2 Å². The highest BCUT2D eigenvalue weighted by atomic mass is 16.5. The number of carboxylic acid groups (broad SMARTS) is 1. The number of nitrogens with one attached hydrogen (secondary N) is 1. The summed E-state index contributed by atoms with van der Waals surface area (Å²) in [6.45, 7) is 4.87. The number of hydrogen-bond acceptors (Lipinski definition) is 4. The van der Waals surface area contributed by atoms with Crippen molar-refractivity contribution in [2.75, 3.05) is 7.11 Å². The van der Waals surface area contributed by atoms with Crippen molar-refractivity contribution in [2.45, 2.75) is 33.2 Å². The standard InChI is InChI=1S/C16H21NO5/c1-9(2)15(16(20)21)17-14(19)8-12-7-11(10(3)18)5-6-13(12)22-4/h5-7,9,15H,8H2,1-4H3,(H,17,19)(H,20,21)/t15-/m1/s1. The van der Waals surface area contributed by atoms with Gasteiger partial charge in [-0.3, -0.25) is 9.59 Å². The summed E-state index contributed by atoms with van der Waals surface area (Å²) in [6.07, 6.45) is -0.0548. The SMILES string of the molecule is COc1ccc(C(C)=O)cc1CC(=O)N[C@@H](C(=O)O)C(C)C. The molecule has 0 spiro atoms. The zero-order chi connectivity index (χ0) is 16.9. The number of ketones is 1. The van der Waals surface area contributed by atoms with Crippen LogP contribution in [0.1, 0.15) is 36.7 Å². The first-order valence-corrected chi connectivity index (χ1v) is 6.96. The average Bonchev–Trinajstić information content (AvgIpc) is 2.43. The van der Waals surface area contributed by atoms with Crippen molar-refractivity contribution in [1.29, 1.82) is 0 Å². The van der Waals surface area contributed by atoms with Gasteiger partial charge in [0, 0.05) is 11.1 Å². The Hall–Kier alpha value is -2.37. The second-order valence-corrected chi connectivity index (χ2v) is 5.39. The molecule has 1 rings (SSSR count). The maximum atomic E-state index is 12.1. The number of methoxy groups -OCH3 is 1. The number of amides is 1. The molecule has 6 nitrogen and oxygen atoms in total. The highest BCUT2D eigenvalue weighted by Crippen LogP contribution is 2.21. The van der Waals surface area contributed by atoms with Gasteiger partial charge in [0.15, 0.2) is 5.78 Å². The molecule has 0 aromatic heterocycles. The van der Waals surface area contributed by atoms with Crippen LogP contribution >= 0.6 is 0 Å². The van der Waals surface area contributed by atoms with Crippen molar-refractivity contribution in [3.8, 4) is 5.75 Å². The van der Waals surface area contributed by atoms with Crippen LogP contribution in [0.25, 0.3) is 0 Å². The van der Waals surface area contributed by atoms with Crippen LogP contribution in [0.3, 0.4) is 0 Å². The molecule has 1 aromatic rings. The number of carbonyl (C=O) groups excluding carboxylic acids is 2. The van der Waals surface area contributed by atoms with Crippen LogP contribution in [-0.2, 0) is 16.0 Å². The number of aliphatic carboxylic acids is 1. The molecule has 120 valence electrons. The van der Waals surface area contributed by atoms with E-state index in [4.69, 9.17) is 9.84 Å². The summed E-state index contributed by atoms with van der Waals surface area (Å²) >= 11 is 0. The third kappa shape index (κ3) is 4.58. The lowest BCUT2D eigenvalue weighted by atomic mass is 10.0. The molecule has 0 fully saturated rings. The van der Waals surface area contributed by atoms with E-state index in [1.807, 2.05) is 0 Å². The number of hydrogen-bond donors (Lipinski definition) is 2. The van der Waals surface area contributed by atoms with Crippen molar-refractivity contribution in [2.24, 2.45) is 5.92 Å². The van der Waals surface area contributed by atoms with E-state index in [0.717, 1.165) is 0 Å². The van der Waals surface area contributed by atoms with E-state index in [1.54, 1.807) is 32.0 Å². The van der Waals surface area contributed by atoms with E-state index in [9.17, 15) is 14.4 Å². The molecule has 0 saturated carbocycles. The van der Waals surface area contributed by atoms with Gasteiger partial charge in [0.05, 0.1) is 13.5 Å². The second kappa shape index (κ2) is 7.59. The van der Waals surface area contributed by atoms with Gasteiger partial charge in [0.2, 0.25) is 5.91 Å². The molecule has 2 N–H and O–H groups in total. The summed E-state index contributed by atoms with van der Waals surface area (Å²) < 4.78 is 5.17. The van der Waals surface area contributed by atoms with Gasteiger partial charge in [0.1, 0.15) is 11.8 Å². The fraction of sp³-hybridized carbons (Fsp3) is 0.438. The highest BCUT2D eigenvalue weighted by molar-refractivity contribution is 5.95. The molecule has 1 amide bonds. The van der Waals surface area contributed by atoms with Gasteiger partial charge in [-0.05, 0) is 31.0 Å². The third-order valence-corrected chi connectivity index (χ3v) is 3.29. The van der Waals surface area contributed by atoms with Gasteiger partial charge in [-0.2, -0.15) is 0 Å². The zero-order valence-corrected chi connectivity index (χ0v) is 13.2. The van der Waals surface area contributed by atoms with E-state index in [2.05, 4.69) is 5.32 Å². The normalized spacial score (nSPS) is 11.9. The molecule has 0 bridgehead atoms. The molecule has 0 unspecified atom stereocenters. The quantitative estimate of drug-likeness (QED) is 0.747. The highest BCUT2D eigenvalue weighted by Gasteiger charge is 2.24. The van der Waals surface area contributed by atoms with Crippen LogP contribution in [0.5, 0.6) is 5.75 Å². The van der Waals surface area contributed by atoms with Crippen molar-refractivity contribution in [1.82, 2.24) is 5.32 Å². The number of ether oxygens (including phenoxy) is 1. The number of carbonyl (C=O) groups is 3. The van der Waals surface area contributed by atoms with E-state index in [1.165, 1.54) is 14.0 Å². The van der Waals surface area contributed by atoms with E-state index >= 15 is 0 Å². The Balaban J connectivity index is 2.93. The average molecular weight is 307 g/mol. The number of benzene rings is 1. The number of Topliss-reactive ketones (excluding diaryl/α,β-unsaturated/α-hetero) is 1. The molecule has 0 heterocycles. The summed E-state index contributed by atoms with van der Waals surface area (Å²) in [7, 11) is 1.47. The van der Waals surface area contributed by atoms with Crippen LogP contribution < -0.4 is 10.1 Å². The van der Waals surface area contributed by atoms with E-state index in [0.29, 0.717) is 16.9 Å². The number of carboxylic acids is 1. The molecular formula is C16H21NO5. The van der Waals surface area contributed by atoms with Gasteiger partial charge >= 0.3 is 5.97 Å². The predicted octanol–water partition coefficient (Wildman–Crippen LogP) is 1.67. The van der Waals surface area contributed by atoms with Crippen molar-refractivity contribution >= 4 is 17.7 Å². The number of rotatable bonds is 7. The lowest BCUT2D eigenvalue weighted by Gasteiger charge is -2.18. The van der Waals surface area contributed by atoms with Crippen molar-refractivity contribution in [3.63, 3.8) is 0 Å². The van der Waals surface area contributed by atoms with Crippen LogP contribution in [-0.4, -0.2) is 35.9 Å². The first kappa shape index (κ1) is 17.7. The monoisotopic (exact) mass is 307 g/mol. The molecule has 0 aliphatic heterocycles. The Morgan fingerprint density at radius 2 is 1.91 bits per heavy atom. The summed E-state index contributed by atoms with van der Waals surface area (Å²) in [5.74, 6) is -1.37. The summed E-state index contributed by atoms with van der Waals surface area (Å²) in [4.78, 5) is 34.6. The Bertz CT molecular complexity index is 580. The van der Waals surface area contributed by atoms with Crippen LogP contribution in [0.2, 0.25) is 0 Å². The minimum absolute atomic E-state index is 0.0548. The first-order valence-electron chi connectivity index (χ1n) is 6.96. The van der Waals surface area contributed by atoms with E-state index < -0.39 is 17.9 Å². The fourth-order valence-corrected chi connectivity index (χ4v) is 2.05. The zero-order valence-electron chi connectivity index (χ0n) is 13.2. The maximum Gasteiger partial charge on any atom is 0.326 e. The molecule has 1 aromatic carbocycles. The fourth-order valence-electron chi connectivity index (χ4n) is 2.05. The Morgan fingerprint density at radius 1 is 1.27 bits per heavy atom. The third-order valence-electron chi connectivity index (χ3n) is 3.29. The van der Waals surface area contributed by atoms with Gasteiger partial charge in [-0.1, -0.05) is 13.8 Å². The maximum absolute atomic E-state index is 12.1.